The summed E-state index contributed by atoms with van der Waals surface area (Å²) in [4.78, 5) is 93.6. The number of aliphatic carboxylic acids is 3. The van der Waals surface area contributed by atoms with E-state index in [1.54, 1.807) is 0 Å². The van der Waals surface area contributed by atoms with E-state index in [2.05, 4.69) is 42.0 Å². The molecule has 0 spiro atoms. The Labute approximate surface area is 688 Å². The number of amides is 4. The van der Waals surface area contributed by atoms with Gasteiger partial charge in [-0.1, -0.05) is 194 Å². The molecule has 15 unspecified atom stereocenters. The molecular weight excluding hydrogens is 1570 g/mol. The highest BCUT2D eigenvalue weighted by molar-refractivity contribution is 5.82. The van der Waals surface area contributed by atoms with E-state index < -0.39 is 271 Å². The molecular formula is C78H140N4O36. The molecule has 4 amide bonds. The molecule has 0 aromatic heterocycles. The average molecular weight is 1710 g/mol. The van der Waals surface area contributed by atoms with Crippen LogP contribution in [0.5, 0.6) is 0 Å². The van der Waals surface area contributed by atoms with Crippen molar-refractivity contribution in [3.05, 3.63) is 0 Å². The van der Waals surface area contributed by atoms with Gasteiger partial charge in [0.25, 0.3) is 17.4 Å². The van der Waals surface area contributed by atoms with Crippen LogP contribution in [-0.4, -0.2) is 359 Å². The van der Waals surface area contributed by atoms with Gasteiger partial charge in [-0.25, -0.2) is 14.4 Å². The van der Waals surface area contributed by atoms with Crippen molar-refractivity contribution in [2.45, 2.75) is 397 Å². The SMILES string of the molecule is CCCCCCCCCCCCCCCCCCCCC(O)C(=O)NC(COC1O[C@H](COC2(C(=O)O)C[C@H](OC3(C(=O)O)C[C@H](O)[C@@H](NC(=O)COC4(C(=O)O)C[C@H](O)[C@@H](NC(=O)CO)[C@H](C(O)C(O)CO)O4)[C@H](C(O)C(O)CO)O3)[C@@H](NC(C)=O)[C@H](C(O)C(O)CO)O2)[C@@H](O)[C@H](O)[C@H]1O)C(O)C(O)CCCCCCCCCC(C)CC. The molecule has 118 heavy (non-hydrogen) atoms. The maximum absolute atomic E-state index is 13.9. The Kier molecular flexibility index (Phi) is 48.4. The lowest BCUT2D eigenvalue weighted by Gasteiger charge is -2.52. The molecule has 4 fully saturated rings. The predicted octanol–water partition coefficient (Wildman–Crippen LogP) is -3.17. The Morgan fingerprint density at radius 2 is 0.873 bits per heavy atom. The van der Waals surface area contributed by atoms with Gasteiger partial charge in [-0.3, -0.25) is 19.2 Å². The lowest BCUT2D eigenvalue weighted by atomic mass is 9.86. The van der Waals surface area contributed by atoms with E-state index in [1.165, 1.54) is 70.6 Å². The Balaban J connectivity index is 1.60. The van der Waals surface area contributed by atoms with Crippen molar-refractivity contribution in [1.82, 2.24) is 21.3 Å². The predicted molar refractivity (Wildman–Crippen MR) is 411 cm³/mol. The van der Waals surface area contributed by atoms with E-state index in [9.17, 15) is 141 Å². The highest BCUT2D eigenvalue weighted by Gasteiger charge is 2.64. The van der Waals surface area contributed by atoms with Crippen LogP contribution in [0.2, 0.25) is 0 Å². The van der Waals surface area contributed by atoms with E-state index in [4.69, 9.17) is 37.9 Å². The van der Waals surface area contributed by atoms with E-state index in [0.717, 1.165) is 84.0 Å². The number of hydrogen-bond donors (Lipinski definition) is 25. The van der Waals surface area contributed by atoms with Crippen LogP contribution in [0.4, 0.5) is 0 Å². The zero-order valence-electron chi connectivity index (χ0n) is 68.5. The number of nitrogens with one attached hydrogen (secondary N) is 4. The number of carboxylic acids is 3. The molecule has 4 rings (SSSR count). The molecule has 4 aliphatic rings. The van der Waals surface area contributed by atoms with Crippen LogP contribution >= 0.6 is 0 Å². The first-order valence-electron chi connectivity index (χ1n) is 42.1. The first kappa shape index (κ1) is 106. The van der Waals surface area contributed by atoms with Crippen molar-refractivity contribution >= 4 is 41.5 Å². The average Bonchev–Trinajstić information content (AvgIpc) is 0.750. The molecule has 40 nitrogen and oxygen atoms in total. The summed E-state index contributed by atoms with van der Waals surface area (Å²) in [5.74, 6) is -21.0. The van der Waals surface area contributed by atoms with Gasteiger partial charge in [0.2, 0.25) is 23.6 Å². The topological polar surface area (TPSA) is 666 Å². The van der Waals surface area contributed by atoms with Crippen molar-refractivity contribution in [2.75, 3.05) is 46.2 Å². The second-order valence-electron chi connectivity index (χ2n) is 32.1. The number of aliphatic hydroxyl groups is 18. The van der Waals surface area contributed by atoms with Gasteiger partial charge in [0, 0.05) is 26.2 Å². The third kappa shape index (κ3) is 32.7. The molecule has 0 radical (unpaired) electrons. The largest absolute Gasteiger partial charge is 0.477 e. The fraction of sp³-hybridized carbons (Fsp3) is 0.910. The van der Waals surface area contributed by atoms with Crippen molar-refractivity contribution in [3.63, 3.8) is 0 Å². The monoisotopic (exact) mass is 1710 g/mol. The number of unbranched alkanes of at least 4 members (excludes halogenated alkanes) is 23. The Bertz CT molecular complexity index is 2900. The molecule has 0 aliphatic carbocycles. The number of rotatable bonds is 61. The van der Waals surface area contributed by atoms with Crippen molar-refractivity contribution in [1.29, 1.82) is 0 Å². The van der Waals surface area contributed by atoms with Crippen LogP contribution in [0, 0.1) is 5.92 Å². The summed E-state index contributed by atoms with van der Waals surface area (Å²) in [5, 5.41) is 238. The zero-order valence-corrected chi connectivity index (χ0v) is 68.5. The normalized spacial score (nSPS) is 30.3. The van der Waals surface area contributed by atoms with Gasteiger partial charge in [0.15, 0.2) is 6.29 Å². The van der Waals surface area contributed by atoms with Gasteiger partial charge < -0.3 is 166 Å². The molecule has 4 aliphatic heterocycles. The number of carbonyl (C=O) groups is 7. The van der Waals surface area contributed by atoms with Crippen LogP contribution in [-0.2, 0) is 71.5 Å². The van der Waals surface area contributed by atoms with Crippen LogP contribution in [0.1, 0.15) is 233 Å². The fourth-order valence-electron chi connectivity index (χ4n) is 15.2. The quantitative estimate of drug-likeness (QED) is 0.0267. The van der Waals surface area contributed by atoms with E-state index >= 15 is 0 Å². The van der Waals surface area contributed by atoms with Gasteiger partial charge in [-0.05, 0) is 18.8 Å². The first-order chi connectivity index (χ1) is 56.0. The summed E-state index contributed by atoms with van der Waals surface area (Å²) >= 11 is 0. The highest BCUT2D eigenvalue weighted by atomic mass is 16.8. The summed E-state index contributed by atoms with van der Waals surface area (Å²) in [7, 11) is 0. The van der Waals surface area contributed by atoms with Crippen molar-refractivity contribution < 1.29 is 179 Å². The van der Waals surface area contributed by atoms with Gasteiger partial charge >= 0.3 is 17.9 Å². The number of ether oxygens (including phenoxy) is 8. The zero-order chi connectivity index (χ0) is 88.0. The minimum atomic E-state index is -3.56. The molecule has 0 aromatic rings. The van der Waals surface area contributed by atoms with E-state index in [0.29, 0.717) is 31.6 Å². The van der Waals surface area contributed by atoms with Crippen molar-refractivity contribution in [2.24, 2.45) is 5.92 Å². The Morgan fingerprint density at radius 1 is 0.466 bits per heavy atom. The van der Waals surface area contributed by atoms with Gasteiger partial charge in [0.05, 0.1) is 81.6 Å². The first-order valence-corrected chi connectivity index (χ1v) is 42.1. The molecule has 4 heterocycles. The third-order valence-corrected chi connectivity index (χ3v) is 22.6. The molecule has 28 atom stereocenters. The number of carboxylic acid groups (broad SMARTS) is 3. The van der Waals surface area contributed by atoms with Gasteiger partial charge in [-0.15, -0.1) is 0 Å². The molecule has 40 heteroatoms. The summed E-state index contributed by atoms with van der Waals surface area (Å²) in [6.45, 7) is -1.39. The van der Waals surface area contributed by atoms with Crippen LogP contribution in [0.15, 0.2) is 0 Å². The number of carbonyl (C=O) groups excluding carboxylic acids is 4. The summed E-state index contributed by atoms with van der Waals surface area (Å²) in [6, 6.07) is -7.78. The van der Waals surface area contributed by atoms with E-state index in [-0.39, 0.29) is 12.8 Å². The van der Waals surface area contributed by atoms with Gasteiger partial charge in [0.1, 0.15) is 105 Å². The molecule has 0 bridgehead atoms. The van der Waals surface area contributed by atoms with E-state index in [1.807, 2.05) is 0 Å². The second kappa shape index (κ2) is 54.1. The Morgan fingerprint density at radius 3 is 1.31 bits per heavy atom. The minimum absolute atomic E-state index is 0.0266. The molecule has 688 valence electrons. The Hall–Kier alpha value is -4.75. The van der Waals surface area contributed by atoms with Gasteiger partial charge in [-0.2, -0.15) is 0 Å². The fourth-order valence-corrected chi connectivity index (χ4v) is 15.2. The summed E-state index contributed by atoms with van der Waals surface area (Å²) < 4.78 is 46.2. The molecule has 25 N–H and O–H groups in total. The molecule has 4 saturated heterocycles. The maximum Gasteiger partial charge on any atom is 0.364 e. The summed E-state index contributed by atoms with van der Waals surface area (Å²) in [5.41, 5.74) is 0. The van der Waals surface area contributed by atoms with Crippen LogP contribution < -0.4 is 21.3 Å². The lowest BCUT2D eigenvalue weighted by Crippen LogP contribution is -2.72. The number of aliphatic hydroxyl groups excluding tert-OH is 18. The third-order valence-electron chi connectivity index (χ3n) is 22.6. The molecule has 0 aromatic carbocycles. The van der Waals surface area contributed by atoms with Crippen molar-refractivity contribution in [3.8, 4) is 0 Å². The van der Waals surface area contributed by atoms with Crippen LogP contribution in [0.25, 0.3) is 0 Å². The lowest BCUT2D eigenvalue weighted by molar-refractivity contribution is -0.365. The van der Waals surface area contributed by atoms with Crippen LogP contribution in [0.3, 0.4) is 0 Å². The maximum atomic E-state index is 13.9. The highest BCUT2D eigenvalue weighted by Crippen LogP contribution is 2.42. The summed E-state index contributed by atoms with van der Waals surface area (Å²) in [6.07, 6.45) is -19.7. The standard InChI is InChI=1S/C78H140N4O36/c1-5-7-8-9-10-11-12-13-14-15-16-17-18-19-20-23-27-30-33-48(89)71(104)80-46(61(97)47(88)32-29-26-24-21-22-25-28-31-44(3)6-2)41-111-72-67(103)66(102)65(101)55(114-72)42-112-77(74(107)108)36-54(60(79-45(4)87)70(117-77)64(100)53(94)39-85)115-78(75(109)110)35-50(91)59(69(118-78)63(99)52(93)38-84)82-57(96)43-113-76(73(105)106)34-49(90)58(81-56(95)40-86)68(116-76)62(98)51(92)37-83/h44,46-55,58-70,72,83-86,88-94,97-103H,5-43H2,1-4H3,(H,79,87)(H,80,104)(H,81,95)(H,82,96)(H,105,106)(H,107,108)(H,109,110)/t44?,46?,47?,48?,49-,50-,51?,52?,53?,54-,55+,58+,59+,60+,61?,62?,63?,64?,65+,66-,67+,68+,69+,70+,72?,76?,77?,78?/m0/s1. The smallest absolute Gasteiger partial charge is 0.364 e. The minimum Gasteiger partial charge on any atom is -0.477 e. The molecule has 0 saturated carbocycles. The second-order valence-corrected chi connectivity index (χ2v) is 32.1. The number of hydrogen-bond acceptors (Lipinski definition) is 33.